The van der Waals surface area contributed by atoms with Gasteiger partial charge in [0.25, 0.3) is 0 Å². The van der Waals surface area contributed by atoms with E-state index in [2.05, 4.69) is 0 Å². The molecule has 0 spiro atoms. The Labute approximate surface area is 91.1 Å². The standard InChI is InChI=1S/C12H20O3/c13-12(11-3-7-15-8-4-11)9-10-1-5-14-6-2-10/h10-11H,1-9H2. The summed E-state index contributed by atoms with van der Waals surface area (Å²) < 4.78 is 10.6. The van der Waals surface area contributed by atoms with Crippen molar-refractivity contribution in [2.45, 2.75) is 32.1 Å². The lowest BCUT2D eigenvalue weighted by Crippen LogP contribution is -2.27. The van der Waals surface area contributed by atoms with Crippen molar-refractivity contribution in [3.63, 3.8) is 0 Å². The Balaban J connectivity index is 1.74. The maximum absolute atomic E-state index is 12.0. The van der Waals surface area contributed by atoms with Crippen LogP contribution in [0.15, 0.2) is 0 Å². The van der Waals surface area contributed by atoms with E-state index in [0.29, 0.717) is 11.7 Å². The number of carbonyl (C=O) groups is 1. The topological polar surface area (TPSA) is 35.5 Å². The third-order valence-electron chi connectivity index (χ3n) is 3.51. The van der Waals surface area contributed by atoms with Crippen molar-refractivity contribution in [3.8, 4) is 0 Å². The maximum atomic E-state index is 12.0. The van der Waals surface area contributed by atoms with Gasteiger partial charge in [0.1, 0.15) is 5.78 Å². The first-order valence-electron chi connectivity index (χ1n) is 6.04. The molecule has 0 aliphatic carbocycles. The number of hydrogen-bond donors (Lipinski definition) is 0. The normalized spacial score (nSPS) is 25.3. The summed E-state index contributed by atoms with van der Waals surface area (Å²) >= 11 is 0. The van der Waals surface area contributed by atoms with E-state index in [1.165, 1.54) is 0 Å². The number of ether oxygens (including phenoxy) is 2. The van der Waals surface area contributed by atoms with Gasteiger partial charge >= 0.3 is 0 Å². The molecule has 0 unspecified atom stereocenters. The molecule has 0 aromatic carbocycles. The molecule has 3 nitrogen and oxygen atoms in total. The molecule has 0 N–H and O–H groups in total. The summed E-state index contributed by atoms with van der Waals surface area (Å²) in [6.07, 6.45) is 4.77. The Morgan fingerprint density at radius 3 is 2.07 bits per heavy atom. The first kappa shape index (κ1) is 11.1. The van der Waals surface area contributed by atoms with E-state index in [1.807, 2.05) is 0 Å². The minimum atomic E-state index is 0.279. The summed E-state index contributed by atoms with van der Waals surface area (Å²) in [5.74, 6) is 1.32. The average Bonchev–Trinajstić information content (AvgIpc) is 2.31. The summed E-state index contributed by atoms with van der Waals surface area (Å²) in [4.78, 5) is 12.0. The minimum Gasteiger partial charge on any atom is -0.381 e. The monoisotopic (exact) mass is 212 g/mol. The predicted octanol–water partition coefficient (Wildman–Crippen LogP) is 1.80. The van der Waals surface area contributed by atoms with Crippen molar-refractivity contribution in [1.82, 2.24) is 0 Å². The van der Waals surface area contributed by atoms with Gasteiger partial charge in [0.15, 0.2) is 0 Å². The summed E-state index contributed by atoms with van der Waals surface area (Å²) in [5, 5.41) is 0. The van der Waals surface area contributed by atoms with Crippen LogP contribution in [0.2, 0.25) is 0 Å². The fraction of sp³-hybridized carbons (Fsp3) is 0.917. The third-order valence-corrected chi connectivity index (χ3v) is 3.51. The van der Waals surface area contributed by atoms with Crippen LogP contribution in [0.4, 0.5) is 0 Å². The molecular weight excluding hydrogens is 192 g/mol. The Morgan fingerprint density at radius 2 is 1.47 bits per heavy atom. The van der Waals surface area contributed by atoms with Gasteiger partial charge in [-0.1, -0.05) is 0 Å². The van der Waals surface area contributed by atoms with Crippen molar-refractivity contribution in [1.29, 1.82) is 0 Å². The van der Waals surface area contributed by atoms with E-state index in [0.717, 1.165) is 58.5 Å². The highest BCUT2D eigenvalue weighted by Gasteiger charge is 2.25. The molecule has 0 bridgehead atoms. The molecule has 2 aliphatic heterocycles. The van der Waals surface area contributed by atoms with E-state index in [4.69, 9.17) is 9.47 Å². The first-order valence-corrected chi connectivity index (χ1v) is 6.04. The highest BCUT2D eigenvalue weighted by atomic mass is 16.5. The van der Waals surface area contributed by atoms with Gasteiger partial charge in [-0.3, -0.25) is 4.79 Å². The highest BCUT2D eigenvalue weighted by molar-refractivity contribution is 5.81. The van der Waals surface area contributed by atoms with Crippen LogP contribution in [-0.4, -0.2) is 32.2 Å². The average molecular weight is 212 g/mol. The molecule has 2 saturated heterocycles. The minimum absolute atomic E-state index is 0.279. The summed E-state index contributed by atoms with van der Waals surface area (Å²) in [6.45, 7) is 3.21. The zero-order valence-electron chi connectivity index (χ0n) is 9.24. The molecule has 2 fully saturated rings. The van der Waals surface area contributed by atoms with Crippen LogP contribution in [0.1, 0.15) is 32.1 Å². The SMILES string of the molecule is O=C(CC1CCOCC1)C1CCOCC1. The fourth-order valence-corrected chi connectivity index (χ4v) is 2.42. The van der Waals surface area contributed by atoms with Gasteiger partial charge < -0.3 is 9.47 Å². The Kier molecular flexibility index (Phi) is 4.15. The van der Waals surface area contributed by atoms with Gasteiger partial charge in [-0.25, -0.2) is 0 Å². The third kappa shape index (κ3) is 3.28. The molecule has 2 rings (SSSR count). The molecule has 0 atom stereocenters. The molecule has 0 amide bonds. The van der Waals surface area contributed by atoms with Gasteiger partial charge in [-0.05, 0) is 31.6 Å². The van der Waals surface area contributed by atoms with E-state index in [-0.39, 0.29) is 5.92 Å². The molecule has 0 radical (unpaired) electrons. The number of Topliss-reactive ketones (excluding diaryl/α,β-unsaturated/α-hetero) is 1. The highest BCUT2D eigenvalue weighted by Crippen LogP contribution is 2.24. The van der Waals surface area contributed by atoms with Crippen LogP contribution in [0.5, 0.6) is 0 Å². The van der Waals surface area contributed by atoms with Crippen molar-refractivity contribution >= 4 is 5.78 Å². The van der Waals surface area contributed by atoms with E-state index in [9.17, 15) is 4.79 Å². The molecule has 2 heterocycles. The number of carbonyl (C=O) groups excluding carboxylic acids is 1. The Bertz CT molecular complexity index is 203. The summed E-state index contributed by atoms with van der Waals surface area (Å²) in [6, 6.07) is 0. The summed E-state index contributed by atoms with van der Waals surface area (Å²) in [7, 11) is 0. The second-order valence-electron chi connectivity index (χ2n) is 4.61. The van der Waals surface area contributed by atoms with Crippen molar-refractivity contribution in [3.05, 3.63) is 0 Å². The van der Waals surface area contributed by atoms with Gasteiger partial charge in [-0.15, -0.1) is 0 Å². The molecule has 0 aromatic rings. The van der Waals surface area contributed by atoms with Crippen LogP contribution in [0, 0.1) is 11.8 Å². The molecule has 0 saturated carbocycles. The molecule has 0 aromatic heterocycles. The van der Waals surface area contributed by atoms with Crippen LogP contribution in [0.25, 0.3) is 0 Å². The van der Waals surface area contributed by atoms with Crippen molar-refractivity contribution in [2.24, 2.45) is 11.8 Å². The van der Waals surface area contributed by atoms with Crippen LogP contribution >= 0.6 is 0 Å². The quantitative estimate of drug-likeness (QED) is 0.715. The van der Waals surface area contributed by atoms with Gasteiger partial charge in [0.2, 0.25) is 0 Å². The van der Waals surface area contributed by atoms with Gasteiger partial charge in [0, 0.05) is 38.8 Å². The maximum Gasteiger partial charge on any atom is 0.136 e. The zero-order valence-corrected chi connectivity index (χ0v) is 9.24. The second kappa shape index (κ2) is 5.61. The number of rotatable bonds is 3. The zero-order chi connectivity index (χ0) is 10.5. The van der Waals surface area contributed by atoms with E-state index < -0.39 is 0 Å². The molecular formula is C12H20O3. The smallest absolute Gasteiger partial charge is 0.136 e. The van der Waals surface area contributed by atoms with Crippen LogP contribution in [0.3, 0.4) is 0 Å². The molecule has 86 valence electrons. The molecule has 15 heavy (non-hydrogen) atoms. The largest absolute Gasteiger partial charge is 0.381 e. The molecule has 3 heteroatoms. The van der Waals surface area contributed by atoms with E-state index >= 15 is 0 Å². The lowest BCUT2D eigenvalue weighted by Gasteiger charge is -2.25. The predicted molar refractivity (Wildman–Crippen MR) is 56.7 cm³/mol. The van der Waals surface area contributed by atoms with Crippen molar-refractivity contribution in [2.75, 3.05) is 26.4 Å². The molecule has 2 aliphatic rings. The fourth-order valence-electron chi connectivity index (χ4n) is 2.42. The summed E-state index contributed by atoms with van der Waals surface area (Å²) in [5.41, 5.74) is 0. The Hall–Kier alpha value is -0.410. The lowest BCUT2D eigenvalue weighted by atomic mass is 9.86. The van der Waals surface area contributed by atoms with Crippen LogP contribution < -0.4 is 0 Å². The lowest BCUT2D eigenvalue weighted by molar-refractivity contribution is -0.127. The van der Waals surface area contributed by atoms with Gasteiger partial charge in [0.05, 0.1) is 0 Å². The first-order chi connectivity index (χ1) is 7.36. The van der Waals surface area contributed by atoms with Crippen LogP contribution in [-0.2, 0) is 14.3 Å². The Morgan fingerprint density at radius 1 is 0.933 bits per heavy atom. The number of hydrogen-bond acceptors (Lipinski definition) is 3. The van der Waals surface area contributed by atoms with Crippen molar-refractivity contribution < 1.29 is 14.3 Å². The number of ketones is 1. The van der Waals surface area contributed by atoms with Gasteiger partial charge in [-0.2, -0.15) is 0 Å². The second-order valence-corrected chi connectivity index (χ2v) is 4.61. The van der Waals surface area contributed by atoms with E-state index in [1.54, 1.807) is 0 Å².